The Hall–Kier alpha value is -3.35. The largest absolute Gasteiger partial charge is 0.496 e. The molecule has 0 saturated carbocycles. The Labute approximate surface area is 163 Å². The van der Waals surface area contributed by atoms with E-state index in [4.69, 9.17) is 23.7 Å². The van der Waals surface area contributed by atoms with Gasteiger partial charge in [0, 0.05) is 24.3 Å². The zero-order valence-corrected chi connectivity index (χ0v) is 16.1. The van der Waals surface area contributed by atoms with Gasteiger partial charge in [-0.1, -0.05) is 6.07 Å². The average molecular weight is 385 g/mol. The Morgan fingerprint density at radius 2 is 1.64 bits per heavy atom. The average Bonchev–Trinajstić information content (AvgIpc) is 2.75. The number of fused-ring (bicyclic) bond motifs is 1. The van der Waals surface area contributed by atoms with Crippen molar-refractivity contribution in [2.45, 2.75) is 6.54 Å². The minimum atomic E-state index is -0.230. The zero-order chi connectivity index (χ0) is 19.9. The van der Waals surface area contributed by atoms with Crippen LogP contribution in [0.1, 0.15) is 11.1 Å². The summed E-state index contributed by atoms with van der Waals surface area (Å²) in [5.41, 5.74) is 1.63. The molecule has 2 aromatic rings. The number of hydrogen-bond acceptors (Lipinski definition) is 6. The highest BCUT2D eigenvalue weighted by molar-refractivity contribution is 5.91. The molecule has 148 valence electrons. The molecule has 3 rings (SSSR count). The van der Waals surface area contributed by atoms with Crippen LogP contribution in [0.3, 0.4) is 0 Å². The van der Waals surface area contributed by atoms with Gasteiger partial charge in [0.05, 0.1) is 21.3 Å². The van der Waals surface area contributed by atoms with E-state index in [1.807, 2.05) is 18.2 Å². The Balaban J connectivity index is 1.65. The van der Waals surface area contributed by atoms with Crippen molar-refractivity contribution in [2.75, 3.05) is 34.5 Å². The van der Waals surface area contributed by atoms with Crippen LogP contribution in [0.4, 0.5) is 0 Å². The van der Waals surface area contributed by atoms with Gasteiger partial charge >= 0.3 is 0 Å². The molecule has 1 aliphatic heterocycles. The maximum Gasteiger partial charge on any atom is 0.244 e. The molecule has 0 fully saturated rings. The van der Waals surface area contributed by atoms with E-state index < -0.39 is 0 Å². The van der Waals surface area contributed by atoms with Gasteiger partial charge in [-0.25, -0.2) is 0 Å². The van der Waals surface area contributed by atoms with Crippen LogP contribution in [0.5, 0.6) is 28.7 Å². The van der Waals surface area contributed by atoms with Gasteiger partial charge in [-0.2, -0.15) is 0 Å². The van der Waals surface area contributed by atoms with E-state index in [2.05, 4.69) is 5.32 Å². The van der Waals surface area contributed by atoms with E-state index in [1.165, 1.54) is 6.08 Å². The summed E-state index contributed by atoms with van der Waals surface area (Å²) < 4.78 is 27.0. The Morgan fingerprint density at radius 3 is 2.36 bits per heavy atom. The second kappa shape index (κ2) is 9.03. The monoisotopic (exact) mass is 385 g/mol. The summed E-state index contributed by atoms with van der Waals surface area (Å²) >= 11 is 0. The second-order valence-electron chi connectivity index (χ2n) is 5.97. The molecule has 1 N–H and O–H groups in total. The van der Waals surface area contributed by atoms with E-state index in [0.29, 0.717) is 42.0 Å². The van der Waals surface area contributed by atoms with Gasteiger partial charge in [0.25, 0.3) is 0 Å². The maximum absolute atomic E-state index is 12.2. The molecule has 1 amide bonds. The lowest BCUT2D eigenvalue weighted by Crippen LogP contribution is -2.20. The van der Waals surface area contributed by atoms with Gasteiger partial charge < -0.3 is 29.0 Å². The van der Waals surface area contributed by atoms with Crippen LogP contribution in [-0.4, -0.2) is 40.5 Å². The summed E-state index contributed by atoms with van der Waals surface area (Å²) in [7, 11) is 4.68. The normalized spacial score (nSPS) is 12.5. The lowest BCUT2D eigenvalue weighted by molar-refractivity contribution is -0.116. The van der Waals surface area contributed by atoms with Crippen molar-refractivity contribution in [2.24, 2.45) is 0 Å². The summed E-state index contributed by atoms with van der Waals surface area (Å²) in [6.07, 6.45) is 3.19. The van der Waals surface area contributed by atoms with Crippen LogP contribution in [-0.2, 0) is 11.3 Å². The number of amides is 1. The lowest BCUT2D eigenvalue weighted by atomic mass is 10.1. The number of ether oxygens (including phenoxy) is 5. The fourth-order valence-corrected chi connectivity index (χ4v) is 2.81. The molecule has 28 heavy (non-hydrogen) atoms. The fraction of sp³-hybridized carbons (Fsp3) is 0.286. The third-order valence-electron chi connectivity index (χ3n) is 4.23. The van der Waals surface area contributed by atoms with E-state index in [1.54, 1.807) is 39.5 Å². The highest BCUT2D eigenvalue weighted by Gasteiger charge is 2.13. The Bertz CT molecular complexity index is 877. The Morgan fingerprint density at radius 1 is 0.964 bits per heavy atom. The van der Waals surface area contributed by atoms with E-state index in [0.717, 1.165) is 11.1 Å². The summed E-state index contributed by atoms with van der Waals surface area (Å²) in [6, 6.07) is 9.05. The molecule has 0 aromatic heterocycles. The highest BCUT2D eigenvalue weighted by Crippen LogP contribution is 2.34. The van der Waals surface area contributed by atoms with Gasteiger partial charge in [-0.05, 0) is 29.8 Å². The van der Waals surface area contributed by atoms with Crippen molar-refractivity contribution < 1.29 is 28.5 Å². The van der Waals surface area contributed by atoms with Crippen LogP contribution in [0.25, 0.3) is 6.08 Å². The van der Waals surface area contributed by atoms with E-state index in [9.17, 15) is 4.79 Å². The van der Waals surface area contributed by atoms with Crippen LogP contribution in [0, 0.1) is 0 Å². The predicted molar refractivity (Wildman–Crippen MR) is 104 cm³/mol. The number of nitrogens with one attached hydrogen (secondary N) is 1. The topological polar surface area (TPSA) is 75.2 Å². The lowest BCUT2D eigenvalue weighted by Gasteiger charge is -2.18. The number of carbonyl (C=O) groups excluding carboxylic acids is 1. The molecule has 7 nitrogen and oxygen atoms in total. The third-order valence-corrected chi connectivity index (χ3v) is 4.23. The number of benzene rings is 2. The molecular formula is C21H23NO6. The first kappa shape index (κ1) is 19.4. The summed E-state index contributed by atoms with van der Waals surface area (Å²) in [4.78, 5) is 12.2. The molecule has 0 atom stereocenters. The molecular weight excluding hydrogens is 362 g/mol. The number of rotatable bonds is 7. The summed E-state index contributed by atoms with van der Waals surface area (Å²) in [6.45, 7) is 1.35. The van der Waals surface area contributed by atoms with Crippen molar-refractivity contribution in [1.29, 1.82) is 0 Å². The first-order valence-corrected chi connectivity index (χ1v) is 8.79. The van der Waals surface area contributed by atoms with Crippen LogP contribution in [0.2, 0.25) is 0 Å². The first-order chi connectivity index (χ1) is 13.6. The van der Waals surface area contributed by atoms with Crippen molar-refractivity contribution in [1.82, 2.24) is 5.32 Å². The van der Waals surface area contributed by atoms with E-state index in [-0.39, 0.29) is 12.5 Å². The molecule has 1 aliphatic rings. The molecule has 0 spiro atoms. The standard InChI is InChI=1S/C21H23NO6/c1-24-17-12-19(26-3)18(25-2)11-15(17)13-22-21(23)7-5-14-4-6-16-20(10-14)28-9-8-27-16/h4-7,10-12H,8-9,13H2,1-3H3,(H,22,23)/b7-5+. The van der Waals surface area contributed by atoms with Crippen LogP contribution < -0.4 is 29.0 Å². The molecule has 1 heterocycles. The molecule has 0 aliphatic carbocycles. The van der Waals surface area contributed by atoms with Gasteiger partial charge in [-0.3, -0.25) is 4.79 Å². The van der Waals surface area contributed by atoms with Crippen LogP contribution in [0.15, 0.2) is 36.4 Å². The molecule has 7 heteroatoms. The Kier molecular flexibility index (Phi) is 6.26. The molecule has 2 aromatic carbocycles. The minimum Gasteiger partial charge on any atom is -0.496 e. The fourth-order valence-electron chi connectivity index (χ4n) is 2.81. The highest BCUT2D eigenvalue weighted by atomic mass is 16.6. The molecule has 0 unspecified atom stereocenters. The van der Waals surface area contributed by atoms with E-state index >= 15 is 0 Å². The number of hydrogen-bond donors (Lipinski definition) is 1. The van der Waals surface area contributed by atoms with Crippen molar-refractivity contribution in [3.8, 4) is 28.7 Å². The summed E-state index contributed by atoms with van der Waals surface area (Å²) in [5.74, 6) is 2.91. The molecule has 0 bridgehead atoms. The smallest absolute Gasteiger partial charge is 0.244 e. The van der Waals surface area contributed by atoms with Gasteiger partial charge in [0.1, 0.15) is 19.0 Å². The minimum absolute atomic E-state index is 0.230. The summed E-state index contributed by atoms with van der Waals surface area (Å²) in [5, 5.41) is 2.84. The first-order valence-electron chi connectivity index (χ1n) is 8.79. The SMILES string of the molecule is COc1cc(OC)c(OC)cc1CNC(=O)/C=C/c1ccc2c(c1)OCCO2. The van der Waals surface area contributed by atoms with Gasteiger partial charge in [0.15, 0.2) is 23.0 Å². The predicted octanol–water partition coefficient (Wildman–Crippen LogP) is 2.81. The molecule has 0 saturated heterocycles. The van der Waals surface area contributed by atoms with Crippen molar-refractivity contribution in [3.63, 3.8) is 0 Å². The van der Waals surface area contributed by atoms with Crippen molar-refractivity contribution >= 4 is 12.0 Å². The van der Waals surface area contributed by atoms with Gasteiger partial charge in [0.2, 0.25) is 5.91 Å². The quantitative estimate of drug-likeness (QED) is 0.739. The van der Waals surface area contributed by atoms with Gasteiger partial charge in [-0.15, -0.1) is 0 Å². The number of methoxy groups -OCH3 is 3. The van der Waals surface area contributed by atoms with Crippen molar-refractivity contribution in [3.05, 3.63) is 47.5 Å². The van der Waals surface area contributed by atoms with Crippen LogP contribution >= 0.6 is 0 Å². The molecule has 0 radical (unpaired) electrons. The zero-order valence-electron chi connectivity index (χ0n) is 16.1. The number of carbonyl (C=O) groups is 1. The third kappa shape index (κ3) is 4.49. The second-order valence-corrected chi connectivity index (χ2v) is 5.97. The maximum atomic E-state index is 12.2.